The first-order valence-electron chi connectivity index (χ1n) is 7.03. The lowest BCUT2D eigenvalue weighted by molar-refractivity contribution is 0.873. The third-order valence-corrected chi connectivity index (χ3v) is 3.35. The van der Waals surface area contributed by atoms with E-state index in [0.29, 0.717) is 0 Å². The van der Waals surface area contributed by atoms with Crippen LogP contribution < -0.4 is 5.32 Å². The van der Waals surface area contributed by atoms with Gasteiger partial charge in [0, 0.05) is 17.8 Å². The van der Waals surface area contributed by atoms with Crippen molar-refractivity contribution in [2.75, 3.05) is 5.32 Å². The van der Waals surface area contributed by atoms with Gasteiger partial charge in [0.1, 0.15) is 5.82 Å². The number of anilines is 1. The van der Waals surface area contributed by atoms with Crippen molar-refractivity contribution in [1.82, 2.24) is 9.97 Å². The second-order valence-electron chi connectivity index (χ2n) is 4.91. The molecule has 2 aromatic carbocycles. The van der Waals surface area contributed by atoms with Gasteiger partial charge in [-0.3, -0.25) is 0 Å². The van der Waals surface area contributed by atoms with Crippen molar-refractivity contribution in [1.29, 1.82) is 0 Å². The molecule has 0 fully saturated rings. The molecule has 0 radical (unpaired) electrons. The predicted molar refractivity (Wildman–Crippen MR) is 85.9 cm³/mol. The smallest absolute Gasteiger partial charge is 0.161 e. The summed E-state index contributed by atoms with van der Waals surface area (Å²) < 4.78 is 0. The Balaban J connectivity index is 1.81. The summed E-state index contributed by atoms with van der Waals surface area (Å²) in [7, 11) is 0. The van der Waals surface area contributed by atoms with Crippen LogP contribution in [-0.4, -0.2) is 9.97 Å². The summed E-state index contributed by atoms with van der Waals surface area (Å²) in [5.41, 5.74) is 2.26. The van der Waals surface area contributed by atoms with Crippen molar-refractivity contribution in [3.05, 3.63) is 78.5 Å². The van der Waals surface area contributed by atoms with E-state index in [4.69, 9.17) is 0 Å². The number of aromatic nitrogens is 2. The van der Waals surface area contributed by atoms with Crippen molar-refractivity contribution in [3.8, 4) is 11.4 Å². The Kier molecular flexibility index (Phi) is 3.92. The van der Waals surface area contributed by atoms with E-state index >= 15 is 0 Å². The Morgan fingerprint density at radius 2 is 1.52 bits per heavy atom. The van der Waals surface area contributed by atoms with Crippen LogP contribution in [0.2, 0.25) is 0 Å². The molecule has 0 aliphatic heterocycles. The molecule has 0 bridgehead atoms. The number of nitrogens with one attached hydrogen (secondary N) is 1. The van der Waals surface area contributed by atoms with Gasteiger partial charge in [-0.05, 0) is 18.6 Å². The van der Waals surface area contributed by atoms with Gasteiger partial charge in [0.25, 0.3) is 0 Å². The normalized spacial score (nSPS) is 11.9. The molecule has 3 nitrogen and oxygen atoms in total. The quantitative estimate of drug-likeness (QED) is 0.770. The maximum absolute atomic E-state index is 4.59. The van der Waals surface area contributed by atoms with Gasteiger partial charge in [0.15, 0.2) is 5.82 Å². The first-order valence-corrected chi connectivity index (χ1v) is 7.03. The Morgan fingerprint density at radius 3 is 2.24 bits per heavy atom. The van der Waals surface area contributed by atoms with Crippen molar-refractivity contribution in [2.24, 2.45) is 0 Å². The highest BCUT2D eigenvalue weighted by molar-refractivity contribution is 5.56. The lowest BCUT2D eigenvalue weighted by Crippen LogP contribution is -2.08. The molecule has 1 atom stereocenters. The van der Waals surface area contributed by atoms with Crippen LogP contribution in [0.4, 0.5) is 5.82 Å². The van der Waals surface area contributed by atoms with Gasteiger partial charge in [-0.1, -0.05) is 60.7 Å². The van der Waals surface area contributed by atoms with Crippen molar-refractivity contribution in [3.63, 3.8) is 0 Å². The van der Waals surface area contributed by atoms with Gasteiger partial charge in [-0.25, -0.2) is 9.97 Å². The Labute approximate surface area is 124 Å². The van der Waals surface area contributed by atoms with Gasteiger partial charge in [-0.2, -0.15) is 0 Å². The topological polar surface area (TPSA) is 37.8 Å². The second kappa shape index (κ2) is 6.18. The summed E-state index contributed by atoms with van der Waals surface area (Å²) in [5.74, 6) is 1.57. The highest BCUT2D eigenvalue weighted by Gasteiger charge is 2.07. The van der Waals surface area contributed by atoms with Crippen molar-refractivity contribution >= 4 is 5.82 Å². The molecule has 3 rings (SSSR count). The van der Waals surface area contributed by atoms with E-state index in [9.17, 15) is 0 Å². The molecule has 1 aromatic heterocycles. The molecule has 1 N–H and O–H groups in total. The highest BCUT2D eigenvalue weighted by Crippen LogP contribution is 2.20. The molecule has 0 saturated heterocycles. The number of hydrogen-bond donors (Lipinski definition) is 1. The Morgan fingerprint density at radius 1 is 0.857 bits per heavy atom. The van der Waals surface area contributed by atoms with E-state index in [1.807, 2.05) is 54.6 Å². The minimum absolute atomic E-state index is 0.199. The monoisotopic (exact) mass is 275 g/mol. The fourth-order valence-electron chi connectivity index (χ4n) is 2.21. The molecule has 3 heteroatoms. The largest absolute Gasteiger partial charge is 0.363 e. The zero-order valence-electron chi connectivity index (χ0n) is 11.9. The summed E-state index contributed by atoms with van der Waals surface area (Å²) >= 11 is 0. The molecule has 0 spiro atoms. The lowest BCUT2D eigenvalue weighted by Gasteiger charge is -2.15. The van der Waals surface area contributed by atoms with Gasteiger partial charge in [-0.15, -0.1) is 0 Å². The summed E-state index contributed by atoms with van der Waals surface area (Å²) in [6.45, 7) is 2.12. The molecule has 0 aliphatic rings. The lowest BCUT2D eigenvalue weighted by atomic mass is 10.1. The summed E-state index contributed by atoms with van der Waals surface area (Å²) in [4.78, 5) is 8.92. The molecule has 0 saturated carbocycles. The average Bonchev–Trinajstić information content (AvgIpc) is 2.57. The Hall–Kier alpha value is -2.68. The molecule has 0 unspecified atom stereocenters. The van der Waals surface area contributed by atoms with Crippen LogP contribution in [0.25, 0.3) is 11.4 Å². The van der Waals surface area contributed by atoms with E-state index in [1.165, 1.54) is 5.56 Å². The van der Waals surface area contributed by atoms with Crippen LogP contribution in [0.1, 0.15) is 18.5 Å². The fraction of sp³-hybridized carbons (Fsp3) is 0.111. The molecular formula is C18H17N3. The molecule has 0 aliphatic carbocycles. The highest BCUT2D eigenvalue weighted by atomic mass is 15.0. The van der Waals surface area contributed by atoms with Crippen molar-refractivity contribution in [2.45, 2.75) is 13.0 Å². The van der Waals surface area contributed by atoms with Gasteiger partial charge in [0.05, 0.1) is 0 Å². The summed E-state index contributed by atoms with van der Waals surface area (Å²) in [5, 5.41) is 3.42. The average molecular weight is 275 g/mol. The molecule has 3 aromatic rings. The van der Waals surface area contributed by atoms with E-state index < -0.39 is 0 Å². The predicted octanol–water partition coefficient (Wildman–Crippen LogP) is 4.32. The van der Waals surface area contributed by atoms with Crippen LogP contribution in [0.15, 0.2) is 72.9 Å². The van der Waals surface area contributed by atoms with Crippen LogP contribution in [0, 0.1) is 0 Å². The fourth-order valence-corrected chi connectivity index (χ4v) is 2.21. The number of hydrogen-bond acceptors (Lipinski definition) is 3. The summed E-state index contributed by atoms with van der Waals surface area (Å²) in [6, 6.07) is 22.4. The minimum Gasteiger partial charge on any atom is -0.363 e. The number of nitrogens with zero attached hydrogens (tertiary/aromatic N) is 2. The maximum Gasteiger partial charge on any atom is 0.161 e. The van der Waals surface area contributed by atoms with E-state index in [1.54, 1.807) is 6.20 Å². The third-order valence-electron chi connectivity index (χ3n) is 3.35. The van der Waals surface area contributed by atoms with E-state index in [2.05, 4.69) is 34.3 Å². The SMILES string of the molecule is C[C@H](Nc1ccnc(-c2ccccc2)n1)c1ccccc1. The first kappa shape index (κ1) is 13.3. The zero-order valence-corrected chi connectivity index (χ0v) is 11.9. The van der Waals surface area contributed by atoms with Gasteiger partial charge >= 0.3 is 0 Å². The van der Waals surface area contributed by atoms with Gasteiger partial charge in [0.2, 0.25) is 0 Å². The van der Waals surface area contributed by atoms with Crippen LogP contribution in [0.5, 0.6) is 0 Å². The van der Waals surface area contributed by atoms with Gasteiger partial charge < -0.3 is 5.32 Å². The number of benzene rings is 2. The van der Waals surface area contributed by atoms with E-state index in [0.717, 1.165) is 17.2 Å². The molecular weight excluding hydrogens is 258 g/mol. The molecule has 104 valence electrons. The third kappa shape index (κ3) is 3.26. The van der Waals surface area contributed by atoms with Crippen LogP contribution in [0.3, 0.4) is 0 Å². The Bertz CT molecular complexity index is 696. The molecule has 0 amide bonds. The zero-order chi connectivity index (χ0) is 14.5. The van der Waals surface area contributed by atoms with Crippen LogP contribution >= 0.6 is 0 Å². The standard InChI is InChI=1S/C18H17N3/c1-14(15-8-4-2-5-9-15)20-17-12-13-19-18(21-17)16-10-6-3-7-11-16/h2-14H,1H3,(H,19,20,21)/t14-/m0/s1. The number of rotatable bonds is 4. The molecule has 1 heterocycles. The molecule has 21 heavy (non-hydrogen) atoms. The summed E-state index contributed by atoms with van der Waals surface area (Å²) in [6.07, 6.45) is 1.79. The van der Waals surface area contributed by atoms with Crippen molar-refractivity contribution < 1.29 is 0 Å². The second-order valence-corrected chi connectivity index (χ2v) is 4.91. The maximum atomic E-state index is 4.59. The first-order chi connectivity index (χ1) is 10.3. The minimum atomic E-state index is 0.199. The van der Waals surface area contributed by atoms with Crippen LogP contribution in [-0.2, 0) is 0 Å². The van der Waals surface area contributed by atoms with E-state index in [-0.39, 0.29) is 6.04 Å².